The van der Waals surface area contributed by atoms with Crippen molar-refractivity contribution in [3.05, 3.63) is 106 Å². The molecule has 0 amide bonds. The molecule has 0 bridgehead atoms. The van der Waals surface area contributed by atoms with Gasteiger partial charge in [0.15, 0.2) is 11.6 Å². The Bertz CT molecular complexity index is 1130. The molecule has 8 nitrogen and oxygen atoms in total. The standard InChI is InChI=1S/C22H19N5O3/c23-21-25-20(15-4-2-1-3-5-15)14-22(24,26-21)16-6-10-18(11-7-16)30-19-12-8-17(9-13-19)27(28)29/h1-14H,24H2,(H3,23,25,26). The number of hydrogen-bond donors (Lipinski definition) is 3. The Labute approximate surface area is 172 Å². The fourth-order valence-electron chi connectivity index (χ4n) is 3.14. The van der Waals surface area contributed by atoms with E-state index < -0.39 is 10.6 Å². The van der Waals surface area contributed by atoms with Gasteiger partial charge in [0.1, 0.15) is 11.5 Å². The van der Waals surface area contributed by atoms with Gasteiger partial charge in [-0.3, -0.25) is 15.8 Å². The van der Waals surface area contributed by atoms with Gasteiger partial charge in [0.2, 0.25) is 0 Å². The molecule has 0 radical (unpaired) electrons. The van der Waals surface area contributed by atoms with Crippen molar-refractivity contribution in [1.82, 2.24) is 5.32 Å². The number of nitrogens with one attached hydrogen (secondary N) is 1. The van der Waals surface area contributed by atoms with Gasteiger partial charge in [-0.25, -0.2) is 4.99 Å². The van der Waals surface area contributed by atoms with E-state index in [0.29, 0.717) is 11.5 Å². The van der Waals surface area contributed by atoms with Crippen LogP contribution >= 0.6 is 0 Å². The Kier molecular flexibility index (Phi) is 4.91. The van der Waals surface area contributed by atoms with Crippen molar-refractivity contribution in [2.24, 2.45) is 16.5 Å². The van der Waals surface area contributed by atoms with E-state index in [1.165, 1.54) is 12.1 Å². The number of ether oxygens (including phenoxy) is 1. The van der Waals surface area contributed by atoms with E-state index in [2.05, 4.69) is 10.3 Å². The third-order valence-electron chi connectivity index (χ3n) is 4.62. The first kappa shape index (κ1) is 19.2. The molecular weight excluding hydrogens is 382 g/mol. The van der Waals surface area contributed by atoms with Crippen LogP contribution in [-0.4, -0.2) is 10.9 Å². The summed E-state index contributed by atoms with van der Waals surface area (Å²) in [6, 6.07) is 22.7. The average molecular weight is 401 g/mol. The van der Waals surface area contributed by atoms with Gasteiger partial charge in [-0.1, -0.05) is 42.5 Å². The van der Waals surface area contributed by atoms with Crippen LogP contribution in [0.2, 0.25) is 0 Å². The Morgan fingerprint density at radius 3 is 2.13 bits per heavy atom. The monoisotopic (exact) mass is 401 g/mol. The van der Waals surface area contributed by atoms with Gasteiger partial charge >= 0.3 is 0 Å². The van der Waals surface area contributed by atoms with Gasteiger partial charge in [-0.05, 0) is 41.5 Å². The number of aliphatic imine (C=N–C) groups is 1. The molecule has 3 aromatic carbocycles. The lowest BCUT2D eigenvalue weighted by Crippen LogP contribution is -2.44. The van der Waals surface area contributed by atoms with E-state index in [-0.39, 0.29) is 11.6 Å². The second kappa shape index (κ2) is 7.69. The zero-order valence-electron chi connectivity index (χ0n) is 15.9. The van der Waals surface area contributed by atoms with E-state index in [9.17, 15) is 10.1 Å². The maximum absolute atomic E-state index is 10.7. The van der Waals surface area contributed by atoms with Crippen molar-refractivity contribution in [2.45, 2.75) is 5.66 Å². The quantitative estimate of drug-likeness (QED) is 0.444. The van der Waals surface area contributed by atoms with Crippen LogP contribution in [0.25, 0.3) is 5.70 Å². The summed E-state index contributed by atoms with van der Waals surface area (Å²) < 4.78 is 5.75. The highest BCUT2D eigenvalue weighted by molar-refractivity contribution is 5.90. The molecule has 30 heavy (non-hydrogen) atoms. The largest absolute Gasteiger partial charge is 0.457 e. The minimum absolute atomic E-state index is 0.00476. The third kappa shape index (κ3) is 3.98. The van der Waals surface area contributed by atoms with E-state index in [1.807, 2.05) is 48.5 Å². The lowest BCUT2D eigenvalue weighted by molar-refractivity contribution is -0.384. The molecule has 1 atom stereocenters. The number of nitrogens with two attached hydrogens (primary N) is 2. The second-order valence-electron chi connectivity index (χ2n) is 6.75. The van der Waals surface area contributed by atoms with Crippen LogP contribution in [0.3, 0.4) is 0 Å². The summed E-state index contributed by atoms with van der Waals surface area (Å²) in [6.45, 7) is 0. The van der Waals surface area contributed by atoms with E-state index in [0.717, 1.165) is 16.8 Å². The minimum Gasteiger partial charge on any atom is -0.457 e. The number of hydrogen-bond acceptors (Lipinski definition) is 7. The number of non-ortho nitro benzene ring substituents is 1. The molecule has 1 aliphatic rings. The molecule has 0 saturated carbocycles. The number of nitro benzene ring substituents is 1. The Hall–Kier alpha value is -4.17. The lowest BCUT2D eigenvalue weighted by atomic mass is 9.96. The van der Waals surface area contributed by atoms with Crippen molar-refractivity contribution in [2.75, 3.05) is 0 Å². The van der Waals surface area contributed by atoms with Gasteiger partial charge in [-0.15, -0.1) is 0 Å². The number of nitrogens with zero attached hydrogens (tertiary/aromatic N) is 2. The zero-order valence-corrected chi connectivity index (χ0v) is 15.9. The van der Waals surface area contributed by atoms with Crippen molar-refractivity contribution in [3.63, 3.8) is 0 Å². The van der Waals surface area contributed by atoms with Crippen LogP contribution in [-0.2, 0) is 5.66 Å². The van der Waals surface area contributed by atoms with Crippen LogP contribution in [0, 0.1) is 10.1 Å². The Morgan fingerprint density at radius 2 is 1.53 bits per heavy atom. The summed E-state index contributed by atoms with van der Waals surface area (Å²) in [5.41, 5.74) is 13.9. The second-order valence-corrected chi connectivity index (χ2v) is 6.75. The number of benzene rings is 3. The Balaban J connectivity index is 1.57. The van der Waals surface area contributed by atoms with Crippen LogP contribution in [0.15, 0.2) is 89.9 Å². The average Bonchev–Trinajstić information content (AvgIpc) is 2.74. The van der Waals surface area contributed by atoms with Crippen LogP contribution < -0.4 is 21.5 Å². The number of guanidine groups is 1. The Morgan fingerprint density at radius 1 is 0.933 bits per heavy atom. The lowest BCUT2D eigenvalue weighted by Gasteiger charge is -2.29. The van der Waals surface area contributed by atoms with Crippen molar-refractivity contribution in [1.29, 1.82) is 0 Å². The van der Waals surface area contributed by atoms with Gasteiger partial charge in [-0.2, -0.15) is 0 Å². The first-order chi connectivity index (χ1) is 14.4. The fraction of sp³-hybridized carbons (Fsp3) is 0.0455. The van der Waals surface area contributed by atoms with Gasteiger partial charge < -0.3 is 15.8 Å². The topological polar surface area (TPSA) is 129 Å². The number of rotatable bonds is 5. The SMILES string of the molecule is NC1=NC(N)(c2ccc(Oc3ccc([N+](=O)[O-])cc3)cc2)C=C(c2ccccc2)N1. The molecule has 0 spiro atoms. The molecule has 0 aliphatic carbocycles. The highest BCUT2D eigenvalue weighted by Crippen LogP contribution is 2.31. The molecule has 0 saturated heterocycles. The van der Waals surface area contributed by atoms with E-state index >= 15 is 0 Å². The highest BCUT2D eigenvalue weighted by atomic mass is 16.6. The molecule has 8 heteroatoms. The third-order valence-corrected chi connectivity index (χ3v) is 4.62. The molecular formula is C22H19N5O3. The molecule has 0 fully saturated rings. The molecule has 4 rings (SSSR count). The first-order valence-corrected chi connectivity index (χ1v) is 9.15. The normalized spacial score (nSPS) is 18.0. The van der Waals surface area contributed by atoms with Crippen molar-refractivity contribution >= 4 is 17.3 Å². The molecule has 1 unspecified atom stereocenters. The minimum atomic E-state index is -1.13. The summed E-state index contributed by atoms with van der Waals surface area (Å²) >= 11 is 0. The van der Waals surface area contributed by atoms with Gasteiger partial charge in [0.25, 0.3) is 5.69 Å². The number of nitro groups is 1. The van der Waals surface area contributed by atoms with E-state index in [4.69, 9.17) is 16.2 Å². The smallest absolute Gasteiger partial charge is 0.269 e. The van der Waals surface area contributed by atoms with Crippen LogP contribution in [0.1, 0.15) is 11.1 Å². The van der Waals surface area contributed by atoms with Crippen LogP contribution in [0.4, 0.5) is 5.69 Å². The summed E-state index contributed by atoms with van der Waals surface area (Å²) in [5.74, 6) is 1.28. The molecule has 5 N–H and O–H groups in total. The summed E-state index contributed by atoms with van der Waals surface area (Å²) in [4.78, 5) is 14.7. The van der Waals surface area contributed by atoms with Crippen molar-refractivity contribution < 1.29 is 9.66 Å². The predicted molar refractivity (Wildman–Crippen MR) is 115 cm³/mol. The fourth-order valence-corrected chi connectivity index (χ4v) is 3.14. The summed E-state index contributed by atoms with van der Waals surface area (Å²) in [5, 5.41) is 13.8. The molecule has 1 heterocycles. The summed E-state index contributed by atoms with van der Waals surface area (Å²) in [6.07, 6.45) is 1.82. The molecule has 3 aromatic rings. The highest BCUT2D eigenvalue weighted by Gasteiger charge is 2.29. The molecule has 1 aliphatic heterocycles. The maximum Gasteiger partial charge on any atom is 0.269 e. The van der Waals surface area contributed by atoms with Gasteiger partial charge in [0, 0.05) is 17.8 Å². The van der Waals surface area contributed by atoms with Gasteiger partial charge in [0.05, 0.1) is 4.92 Å². The summed E-state index contributed by atoms with van der Waals surface area (Å²) in [7, 11) is 0. The predicted octanol–water partition coefficient (Wildman–Crippen LogP) is 3.46. The van der Waals surface area contributed by atoms with Crippen LogP contribution in [0.5, 0.6) is 11.5 Å². The van der Waals surface area contributed by atoms with Crippen molar-refractivity contribution in [3.8, 4) is 11.5 Å². The zero-order chi connectivity index (χ0) is 21.1. The molecule has 0 aromatic heterocycles. The van der Waals surface area contributed by atoms with E-state index in [1.54, 1.807) is 24.3 Å². The maximum atomic E-state index is 10.7. The first-order valence-electron chi connectivity index (χ1n) is 9.15. The molecule has 150 valence electrons.